The minimum atomic E-state index is -0.631. The molecule has 3 heterocycles. The highest BCUT2D eigenvalue weighted by Gasteiger charge is 2.24. The molecule has 0 saturated heterocycles. The van der Waals surface area contributed by atoms with Gasteiger partial charge in [0.15, 0.2) is 5.69 Å². The Balaban J connectivity index is 1.83. The standard InChI is InChI=1S/C23H24N4O4/c1-13-9-25-19(11-24-13)30-14-6-7-17-15(8-14)20-16(12-29-5)21(26-10-18(20)27-17)22(28)31-23(2,3)4/h6-11,27H,12H2,1-5H3. The van der Waals surface area contributed by atoms with Crippen LogP contribution in [0.3, 0.4) is 0 Å². The Morgan fingerprint density at radius 2 is 1.87 bits per heavy atom. The lowest BCUT2D eigenvalue weighted by atomic mass is 10.1. The van der Waals surface area contributed by atoms with Crippen LogP contribution in [0.1, 0.15) is 42.5 Å². The molecule has 0 aliphatic carbocycles. The Hall–Kier alpha value is -3.52. The molecular formula is C23H24N4O4. The Morgan fingerprint density at radius 3 is 2.55 bits per heavy atom. The molecule has 0 radical (unpaired) electrons. The van der Waals surface area contributed by atoms with Crippen molar-refractivity contribution in [3.8, 4) is 11.6 Å². The molecule has 0 atom stereocenters. The van der Waals surface area contributed by atoms with Gasteiger partial charge in [-0.15, -0.1) is 0 Å². The largest absolute Gasteiger partial charge is 0.455 e. The van der Waals surface area contributed by atoms with Crippen LogP contribution in [0.15, 0.2) is 36.8 Å². The second kappa shape index (κ2) is 7.96. The van der Waals surface area contributed by atoms with Crippen LogP contribution in [0.2, 0.25) is 0 Å². The van der Waals surface area contributed by atoms with Gasteiger partial charge in [-0.05, 0) is 45.9 Å². The van der Waals surface area contributed by atoms with Crippen molar-refractivity contribution in [2.75, 3.05) is 7.11 Å². The van der Waals surface area contributed by atoms with Gasteiger partial charge in [-0.1, -0.05) is 0 Å². The zero-order valence-electron chi connectivity index (χ0n) is 18.1. The molecule has 4 rings (SSSR count). The van der Waals surface area contributed by atoms with Crippen LogP contribution in [-0.4, -0.2) is 38.6 Å². The normalized spacial score (nSPS) is 11.8. The molecule has 1 aromatic carbocycles. The number of hydrogen-bond acceptors (Lipinski definition) is 7. The number of carbonyl (C=O) groups excluding carboxylic acids is 1. The highest BCUT2D eigenvalue weighted by Crippen LogP contribution is 2.34. The highest BCUT2D eigenvalue weighted by atomic mass is 16.6. The molecule has 0 amide bonds. The summed E-state index contributed by atoms with van der Waals surface area (Å²) < 4.78 is 16.8. The SMILES string of the molecule is COCc1c(C(=O)OC(C)(C)C)ncc2[nH]c3ccc(Oc4cnc(C)cn4)cc3c12. The summed E-state index contributed by atoms with van der Waals surface area (Å²) in [5.41, 5.74) is 2.76. The van der Waals surface area contributed by atoms with Crippen LogP contribution >= 0.6 is 0 Å². The Bertz CT molecular complexity index is 1260. The molecule has 8 heteroatoms. The minimum absolute atomic E-state index is 0.209. The summed E-state index contributed by atoms with van der Waals surface area (Å²) >= 11 is 0. The first-order valence-electron chi connectivity index (χ1n) is 9.87. The van der Waals surface area contributed by atoms with Crippen molar-refractivity contribution >= 4 is 27.8 Å². The van der Waals surface area contributed by atoms with Crippen LogP contribution < -0.4 is 4.74 Å². The van der Waals surface area contributed by atoms with Gasteiger partial charge >= 0.3 is 5.97 Å². The first-order valence-corrected chi connectivity index (χ1v) is 9.87. The number of fused-ring (bicyclic) bond motifs is 3. The maximum atomic E-state index is 12.8. The maximum absolute atomic E-state index is 12.8. The fourth-order valence-electron chi connectivity index (χ4n) is 3.34. The number of nitrogens with zero attached hydrogens (tertiary/aromatic N) is 3. The summed E-state index contributed by atoms with van der Waals surface area (Å²) in [6, 6.07) is 5.65. The number of ether oxygens (including phenoxy) is 3. The molecule has 31 heavy (non-hydrogen) atoms. The quantitative estimate of drug-likeness (QED) is 0.467. The molecule has 0 unspecified atom stereocenters. The van der Waals surface area contributed by atoms with Crippen molar-refractivity contribution in [2.24, 2.45) is 0 Å². The van der Waals surface area contributed by atoms with Gasteiger partial charge in [0.1, 0.15) is 11.4 Å². The fraction of sp³-hybridized carbons (Fsp3) is 0.304. The topological polar surface area (TPSA) is 99.2 Å². The predicted octanol–water partition coefficient (Wildman–Crippen LogP) is 4.71. The first-order chi connectivity index (χ1) is 14.7. The van der Waals surface area contributed by atoms with Crippen molar-refractivity contribution in [1.82, 2.24) is 19.9 Å². The monoisotopic (exact) mass is 420 g/mol. The number of aromatic nitrogens is 4. The Morgan fingerprint density at radius 1 is 1.06 bits per heavy atom. The van der Waals surface area contributed by atoms with Crippen LogP contribution in [-0.2, 0) is 16.1 Å². The van der Waals surface area contributed by atoms with Crippen LogP contribution in [0.4, 0.5) is 0 Å². The van der Waals surface area contributed by atoms with E-state index in [1.807, 2.05) is 45.9 Å². The lowest BCUT2D eigenvalue weighted by Gasteiger charge is -2.20. The number of carbonyl (C=O) groups is 1. The van der Waals surface area contributed by atoms with Crippen molar-refractivity contribution in [3.63, 3.8) is 0 Å². The zero-order valence-corrected chi connectivity index (χ0v) is 18.1. The summed E-state index contributed by atoms with van der Waals surface area (Å²) in [6.45, 7) is 7.54. The third kappa shape index (κ3) is 4.34. The molecule has 0 aliphatic heterocycles. The Kier molecular flexibility index (Phi) is 5.32. The number of methoxy groups -OCH3 is 1. The third-order valence-electron chi connectivity index (χ3n) is 4.57. The van der Waals surface area contributed by atoms with E-state index in [0.29, 0.717) is 17.2 Å². The molecule has 8 nitrogen and oxygen atoms in total. The van der Waals surface area contributed by atoms with Gasteiger partial charge in [0.25, 0.3) is 0 Å². The number of benzene rings is 1. The van der Waals surface area contributed by atoms with Gasteiger partial charge in [0.05, 0.1) is 36.4 Å². The van der Waals surface area contributed by atoms with Crippen LogP contribution in [0.5, 0.6) is 11.6 Å². The number of nitrogens with one attached hydrogen (secondary N) is 1. The maximum Gasteiger partial charge on any atom is 0.357 e. The lowest BCUT2D eigenvalue weighted by Crippen LogP contribution is -2.25. The fourth-order valence-corrected chi connectivity index (χ4v) is 3.34. The average Bonchev–Trinajstić information content (AvgIpc) is 3.07. The van der Waals surface area contributed by atoms with Crippen molar-refractivity contribution in [1.29, 1.82) is 0 Å². The van der Waals surface area contributed by atoms with E-state index in [0.717, 1.165) is 27.5 Å². The number of H-pyrrole nitrogens is 1. The smallest absolute Gasteiger partial charge is 0.357 e. The molecule has 0 saturated carbocycles. The van der Waals surface area contributed by atoms with Crippen molar-refractivity contribution < 1.29 is 19.0 Å². The molecule has 0 bridgehead atoms. The van der Waals surface area contributed by atoms with Gasteiger partial charge in [-0.25, -0.2) is 14.8 Å². The van der Waals surface area contributed by atoms with E-state index in [1.54, 1.807) is 25.7 Å². The molecule has 0 spiro atoms. The third-order valence-corrected chi connectivity index (χ3v) is 4.57. The molecule has 3 aromatic heterocycles. The van der Waals surface area contributed by atoms with Crippen molar-refractivity contribution in [3.05, 3.63) is 53.7 Å². The van der Waals surface area contributed by atoms with Gasteiger partial charge in [-0.2, -0.15) is 0 Å². The highest BCUT2D eigenvalue weighted by molar-refractivity contribution is 6.11. The van der Waals surface area contributed by atoms with E-state index >= 15 is 0 Å². The summed E-state index contributed by atoms with van der Waals surface area (Å²) in [5, 5.41) is 1.72. The second-order valence-corrected chi connectivity index (χ2v) is 8.24. The van der Waals surface area contributed by atoms with Gasteiger partial charge in [-0.3, -0.25) is 4.98 Å². The molecule has 1 N–H and O–H groups in total. The summed E-state index contributed by atoms with van der Waals surface area (Å²) in [4.78, 5) is 29.0. The minimum Gasteiger partial charge on any atom is -0.455 e. The van der Waals surface area contributed by atoms with Gasteiger partial charge in [0, 0.05) is 29.0 Å². The van der Waals surface area contributed by atoms with E-state index in [2.05, 4.69) is 19.9 Å². The molecule has 4 aromatic rings. The molecule has 160 valence electrons. The number of aromatic amines is 1. The molecule has 0 fully saturated rings. The number of esters is 1. The lowest BCUT2D eigenvalue weighted by molar-refractivity contribution is 0.00593. The van der Waals surface area contributed by atoms with Gasteiger partial charge < -0.3 is 19.2 Å². The van der Waals surface area contributed by atoms with Crippen LogP contribution in [0.25, 0.3) is 21.8 Å². The number of aryl methyl sites for hydroxylation is 1. The van der Waals surface area contributed by atoms with E-state index in [9.17, 15) is 4.79 Å². The van der Waals surface area contributed by atoms with Crippen molar-refractivity contribution in [2.45, 2.75) is 39.9 Å². The Labute approximate surface area is 179 Å². The average molecular weight is 420 g/mol. The van der Waals surface area contributed by atoms with Gasteiger partial charge in [0.2, 0.25) is 5.88 Å². The predicted molar refractivity (Wildman–Crippen MR) is 116 cm³/mol. The van der Waals surface area contributed by atoms with E-state index in [1.165, 1.54) is 0 Å². The molecular weight excluding hydrogens is 396 g/mol. The molecule has 0 aliphatic rings. The number of pyridine rings is 1. The second-order valence-electron chi connectivity index (χ2n) is 8.24. The number of hydrogen-bond donors (Lipinski definition) is 1. The summed E-state index contributed by atoms with van der Waals surface area (Å²) in [6.07, 6.45) is 4.87. The summed E-state index contributed by atoms with van der Waals surface area (Å²) in [5.74, 6) is 0.515. The van der Waals surface area contributed by atoms with E-state index < -0.39 is 11.6 Å². The zero-order chi connectivity index (χ0) is 22.2. The summed E-state index contributed by atoms with van der Waals surface area (Å²) in [7, 11) is 1.58. The van der Waals surface area contributed by atoms with Crippen LogP contribution in [0, 0.1) is 6.92 Å². The first kappa shape index (κ1) is 20.7. The van der Waals surface area contributed by atoms with E-state index in [-0.39, 0.29) is 12.3 Å². The van der Waals surface area contributed by atoms with E-state index in [4.69, 9.17) is 14.2 Å². The number of rotatable bonds is 5.